The topological polar surface area (TPSA) is 67.4 Å². The molecule has 3 aromatic rings. The van der Waals surface area contributed by atoms with Crippen molar-refractivity contribution in [2.75, 3.05) is 5.32 Å². The second-order valence-electron chi connectivity index (χ2n) is 6.30. The van der Waals surface area contributed by atoms with Crippen LogP contribution in [0.15, 0.2) is 66.7 Å². The van der Waals surface area contributed by atoms with Gasteiger partial charge in [0.15, 0.2) is 0 Å². The highest BCUT2D eigenvalue weighted by atomic mass is 19.1. The zero-order valence-corrected chi connectivity index (χ0v) is 15.5. The van der Waals surface area contributed by atoms with Crippen LogP contribution in [0.2, 0.25) is 0 Å². The van der Waals surface area contributed by atoms with E-state index in [0.717, 1.165) is 23.8 Å². The minimum absolute atomic E-state index is 0.381. The molecule has 0 saturated heterocycles. The number of carbonyl (C=O) groups is 2. The van der Waals surface area contributed by atoms with Gasteiger partial charge >= 0.3 is 6.03 Å². The molecule has 0 aliphatic carbocycles. The minimum atomic E-state index is -1.17. The number of urea groups is 1. The Morgan fingerprint density at radius 3 is 2.14 bits per heavy atom. The molecule has 5 nitrogen and oxygen atoms in total. The number of nitrogens with one attached hydrogen (secondary N) is 2. The molecule has 0 atom stereocenters. The van der Waals surface area contributed by atoms with Gasteiger partial charge in [0.05, 0.1) is 0 Å². The van der Waals surface area contributed by atoms with Crippen LogP contribution in [0.25, 0.3) is 0 Å². The zero-order chi connectivity index (χ0) is 20.8. The zero-order valence-electron chi connectivity index (χ0n) is 15.5. The van der Waals surface area contributed by atoms with Crippen molar-refractivity contribution in [1.82, 2.24) is 5.32 Å². The molecular formula is C22H18F2N2O3. The lowest BCUT2D eigenvalue weighted by Gasteiger charge is -2.10. The van der Waals surface area contributed by atoms with E-state index >= 15 is 0 Å². The normalized spacial score (nSPS) is 10.3. The highest BCUT2D eigenvalue weighted by Gasteiger charge is 2.19. The van der Waals surface area contributed by atoms with Crippen LogP contribution in [0.1, 0.15) is 21.5 Å². The molecule has 0 aliphatic heterocycles. The van der Waals surface area contributed by atoms with E-state index in [1.165, 1.54) is 5.56 Å². The number of hydrogen-bond donors (Lipinski definition) is 2. The first kappa shape index (κ1) is 20.0. The maximum Gasteiger partial charge on any atom is 0.326 e. The van der Waals surface area contributed by atoms with Gasteiger partial charge in [-0.25, -0.2) is 13.6 Å². The monoisotopic (exact) mass is 396 g/mol. The van der Waals surface area contributed by atoms with E-state index in [1.54, 1.807) is 24.3 Å². The predicted octanol–water partition coefficient (Wildman–Crippen LogP) is 4.81. The molecule has 0 radical (unpaired) electrons. The van der Waals surface area contributed by atoms with Crippen LogP contribution >= 0.6 is 0 Å². The fourth-order valence-electron chi connectivity index (χ4n) is 2.53. The molecule has 0 fully saturated rings. The fourth-order valence-corrected chi connectivity index (χ4v) is 2.53. The van der Waals surface area contributed by atoms with E-state index in [9.17, 15) is 18.4 Å². The first-order chi connectivity index (χ1) is 13.9. The molecule has 3 rings (SSSR count). The van der Waals surface area contributed by atoms with Crippen LogP contribution in [0.5, 0.6) is 5.75 Å². The molecule has 0 spiro atoms. The van der Waals surface area contributed by atoms with Gasteiger partial charge in [0.1, 0.15) is 29.6 Å². The van der Waals surface area contributed by atoms with Crippen molar-refractivity contribution in [2.45, 2.75) is 13.5 Å². The second-order valence-corrected chi connectivity index (χ2v) is 6.30. The molecule has 0 bridgehead atoms. The molecule has 7 heteroatoms. The van der Waals surface area contributed by atoms with Gasteiger partial charge < -0.3 is 10.1 Å². The summed E-state index contributed by atoms with van der Waals surface area (Å²) >= 11 is 0. The molecular weight excluding hydrogens is 378 g/mol. The van der Waals surface area contributed by atoms with Crippen LogP contribution in [-0.2, 0) is 6.61 Å². The van der Waals surface area contributed by atoms with Crippen molar-refractivity contribution >= 4 is 17.6 Å². The number of ether oxygens (including phenoxy) is 1. The Labute approximate surface area is 166 Å². The number of aryl methyl sites for hydroxylation is 1. The van der Waals surface area contributed by atoms with Crippen molar-refractivity contribution < 1.29 is 23.1 Å². The molecule has 148 valence electrons. The number of halogens is 2. The first-order valence-electron chi connectivity index (χ1n) is 8.77. The van der Waals surface area contributed by atoms with Crippen LogP contribution in [0, 0.1) is 18.6 Å². The van der Waals surface area contributed by atoms with Gasteiger partial charge in [0.25, 0.3) is 5.91 Å². The smallest absolute Gasteiger partial charge is 0.326 e. The molecule has 2 N–H and O–H groups in total. The number of carbonyl (C=O) groups excluding carboxylic acids is 2. The molecule has 0 unspecified atom stereocenters. The molecule has 0 heterocycles. The van der Waals surface area contributed by atoms with Gasteiger partial charge in [-0.15, -0.1) is 0 Å². The number of rotatable bonds is 5. The summed E-state index contributed by atoms with van der Waals surface area (Å²) in [6, 6.07) is 16.5. The Kier molecular flexibility index (Phi) is 6.19. The van der Waals surface area contributed by atoms with Crippen LogP contribution in [0.3, 0.4) is 0 Å². The molecule has 0 aliphatic rings. The maximum absolute atomic E-state index is 13.6. The highest BCUT2D eigenvalue weighted by molar-refractivity contribution is 6.08. The van der Waals surface area contributed by atoms with Crippen molar-refractivity contribution in [3.63, 3.8) is 0 Å². The largest absolute Gasteiger partial charge is 0.489 e. The number of imide groups is 1. The van der Waals surface area contributed by atoms with Gasteiger partial charge in [-0.1, -0.05) is 35.9 Å². The summed E-state index contributed by atoms with van der Waals surface area (Å²) in [6.45, 7) is 2.41. The van der Waals surface area contributed by atoms with Crippen molar-refractivity contribution in [3.8, 4) is 5.75 Å². The summed E-state index contributed by atoms with van der Waals surface area (Å²) in [5.41, 5.74) is 1.75. The number of benzene rings is 3. The van der Waals surface area contributed by atoms with Gasteiger partial charge in [0.2, 0.25) is 0 Å². The predicted molar refractivity (Wildman–Crippen MR) is 105 cm³/mol. The Morgan fingerprint density at radius 1 is 0.897 bits per heavy atom. The number of anilines is 1. The summed E-state index contributed by atoms with van der Waals surface area (Å²) in [7, 11) is 0. The van der Waals surface area contributed by atoms with Crippen LogP contribution in [-0.4, -0.2) is 11.9 Å². The lowest BCUT2D eigenvalue weighted by molar-refractivity contribution is 0.0959. The Bertz CT molecular complexity index is 999. The molecule has 3 amide bonds. The molecule has 0 aromatic heterocycles. The Balaban J connectivity index is 1.54. The summed E-state index contributed by atoms with van der Waals surface area (Å²) in [5.74, 6) is -2.67. The van der Waals surface area contributed by atoms with Gasteiger partial charge in [-0.05, 0) is 48.9 Å². The summed E-state index contributed by atoms with van der Waals surface area (Å²) < 4.78 is 32.9. The van der Waals surface area contributed by atoms with Crippen LogP contribution < -0.4 is 15.4 Å². The molecule has 3 aromatic carbocycles. The van der Waals surface area contributed by atoms with Gasteiger partial charge in [-0.3, -0.25) is 10.1 Å². The second kappa shape index (κ2) is 8.97. The lowest BCUT2D eigenvalue weighted by Crippen LogP contribution is -2.35. The lowest BCUT2D eigenvalue weighted by atomic mass is 10.2. The summed E-state index contributed by atoms with van der Waals surface area (Å²) in [4.78, 5) is 23.8. The Morgan fingerprint density at radius 2 is 1.52 bits per heavy atom. The third-order valence-electron chi connectivity index (χ3n) is 4.06. The number of amides is 3. The average Bonchev–Trinajstić information content (AvgIpc) is 2.68. The number of hydrogen-bond acceptors (Lipinski definition) is 3. The van der Waals surface area contributed by atoms with E-state index in [-0.39, 0.29) is 0 Å². The maximum atomic E-state index is 13.6. The highest BCUT2D eigenvalue weighted by Crippen LogP contribution is 2.17. The van der Waals surface area contributed by atoms with Crippen molar-refractivity contribution in [2.24, 2.45) is 0 Å². The third-order valence-corrected chi connectivity index (χ3v) is 4.06. The average molecular weight is 396 g/mol. The van der Waals surface area contributed by atoms with E-state index in [1.807, 2.05) is 36.5 Å². The van der Waals surface area contributed by atoms with E-state index < -0.39 is 29.1 Å². The minimum Gasteiger partial charge on any atom is -0.489 e. The van der Waals surface area contributed by atoms with Crippen molar-refractivity contribution in [1.29, 1.82) is 0 Å². The molecule has 0 saturated carbocycles. The summed E-state index contributed by atoms with van der Waals surface area (Å²) in [6.07, 6.45) is 0. The quantitative estimate of drug-likeness (QED) is 0.650. The van der Waals surface area contributed by atoms with Crippen LogP contribution in [0.4, 0.5) is 19.3 Å². The van der Waals surface area contributed by atoms with Gasteiger partial charge in [-0.2, -0.15) is 0 Å². The standard InChI is InChI=1S/C22H18F2N2O3/c1-14-5-7-15(8-6-14)13-29-17-11-9-16(10-12-17)25-22(28)26-21(27)20-18(23)3-2-4-19(20)24/h2-12H,13H2,1H3,(H2,25,26,27,28). The van der Waals surface area contributed by atoms with Gasteiger partial charge in [0, 0.05) is 5.69 Å². The Hall–Kier alpha value is -3.74. The van der Waals surface area contributed by atoms with E-state index in [4.69, 9.17) is 4.74 Å². The van der Waals surface area contributed by atoms with E-state index in [2.05, 4.69) is 5.32 Å². The SMILES string of the molecule is Cc1ccc(COc2ccc(NC(=O)NC(=O)c3c(F)cccc3F)cc2)cc1. The van der Waals surface area contributed by atoms with E-state index in [0.29, 0.717) is 18.0 Å². The summed E-state index contributed by atoms with van der Waals surface area (Å²) in [5, 5.41) is 4.31. The third kappa shape index (κ3) is 5.38. The van der Waals surface area contributed by atoms with Crippen molar-refractivity contribution in [3.05, 3.63) is 95.1 Å². The molecule has 29 heavy (non-hydrogen) atoms. The first-order valence-corrected chi connectivity index (χ1v) is 8.77. The fraction of sp³-hybridized carbons (Fsp3) is 0.0909.